The van der Waals surface area contributed by atoms with Crippen LogP contribution in [0.15, 0.2) is 35.2 Å². The van der Waals surface area contributed by atoms with Gasteiger partial charge in [0.15, 0.2) is 0 Å². The van der Waals surface area contributed by atoms with Crippen LogP contribution in [0.2, 0.25) is 0 Å². The first kappa shape index (κ1) is 23.4. The van der Waals surface area contributed by atoms with Crippen LogP contribution in [-0.4, -0.2) is 35.9 Å². The molecule has 2 nitrogen and oxygen atoms in total. The summed E-state index contributed by atoms with van der Waals surface area (Å²) in [5.41, 5.74) is -13.4. The van der Waals surface area contributed by atoms with Crippen molar-refractivity contribution < 1.29 is 61.7 Å². The summed E-state index contributed by atoms with van der Waals surface area (Å²) in [5, 5.41) is 0. The van der Waals surface area contributed by atoms with E-state index in [-0.39, 0.29) is 16.3 Å². The van der Waals surface area contributed by atoms with Crippen molar-refractivity contribution >= 4 is 19.0 Å². The van der Waals surface area contributed by atoms with Crippen LogP contribution in [0, 0.1) is 0 Å². The fourth-order valence-electron chi connectivity index (χ4n) is 2.30. The molecule has 0 amide bonds. The van der Waals surface area contributed by atoms with E-state index in [1.54, 1.807) is 0 Å². The maximum atomic E-state index is 13.3. The predicted octanol–water partition coefficient (Wildman–Crippen LogP) is 6.78. The van der Waals surface area contributed by atoms with Gasteiger partial charge in [0.1, 0.15) is 0 Å². The van der Waals surface area contributed by atoms with Crippen LogP contribution < -0.4 is 0 Å². The van der Waals surface area contributed by atoms with Crippen LogP contribution in [0.25, 0.3) is 0 Å². The Hall–Kier alpha value is -0.920. The monoisotopic (exact) mass is 472 g/mol. The van der Waals surface area contributed by atoms with E-state index in [0.29, 0.717) is 0 Å². The first-order chi connectivity index (χ1) is 12.4. The van der Waals surface area contributed by atoms with Crippen LogP contribution in [0.5, 0.6) is 0 Å². The largest absolute Gasteiger partial charge is 0.430 e. The molecule has 0 saturated carbocycles. The quantitative estimate of drug-likeness (QED) is 0.350. The molecule has 1 aromatic rings. The van der Waals surface area contributed by atoms with Crippen molar-refractivity contribution in [3.8, 4) is 0 Å². The van der Waals surface area contributed by atoms with Crippen molar-refractivity contribution in [2.24, 2.45) is 0 Å². The lowest BCUT2D eigenvalue weighted by Gasteiger charge is -2.44. The lowest BCUT2D eigenvalue weighted by Crippen LogP contribution is -2.79. The standard InChI is InChI=1S/C12H5F12O2PS/c13-9(14,15)7(10(16,17)18)8(11(19,20)21,12(22,23)24)26-27(25-7)28-6-4-2-1-3-5-6/h1-5H. The van der Waals surface area contributed by atoms with Crippen LogP contribution in [0.4, 0.5) is 52.7 Å². The molecule has 1 aliphatic rings. The Kier molecular flexibility index (Phi) is 5.68. The van der Waals surface area contributed by atoms with Gasteiger partial charge in [-0.25, -0.2) is 0 Å². The third-order valence-corrected chi connectivity index (χ3v) is 6.44. The average Bonchev–Trinajstić information content (AvgIpc) is 2.84. The van der Waals surface area contributed by atoms with E-state index in [2.05, 4.69) is 9.05 Å². The molecular formula is C12H5F12O2PS. The maximum absolute atomic E-state index is 13.3. The first-order valence-corrected chi connectivity index (χ1v) is 9.19. The van der Waals surface area contributed by atoms with Gasteiger partial charge in [-0.05, 0) is 23.5 Å². The molecule has 0 aliphatic carbocycles. The number of benzene rings is 1. The summed E-state index contributed by atoms with van der Waals surface area (Å²) in [5.74, 6) is 0. The van der Waals surface area contributed by atoms with Crippen LogP contribution in [-0.2, 0) is 9.05 Å². The molecule has 0 spiro atoms. The van der Waals surface area contributed by atoms with E-state index in [9.17, 15) is 52.7 Å². The van der Waals surface area contributed by atoms with Crippen molar-refractivity contribution in [3.63, 3.8) is 0 Å². The normalized spacial score (nSPS) is 21.1. The van der Waals surface area contributed by atoms with Gasteiger partial charge in [0.2, 0.25) is 7.58 Å². The number of halogens is 12. The Labute approximate surface area is 152 Å². The second-order valence-electron chi connectivity index (χ2n) is 5.16. The lowest BCUT2D eigenvalue weighted by atomic mass is 9.79. The molecule has 1 saturated heterocycles. The lowest BCUT2D eigenvalue weighted by molar-refractivity contribution is -0.464. The summed E-state index contributed by atoms with van der Waals surface area (Å²) >= 11 is -0.259. The second-order valence-corrected chi connectivity index (χ2v) is 8.07. The van der Waals surface area contributed by atoms with Gasteiger partial charge in [0.25, 0.3) is 0 Å². The van der Waals surface area contributed by atoms with E-state index < -0.39 is 43.5 Å². The van der Waals surface area contributed by atoms with Crippen molar-refractivity contribution in [2.75, 3.05) is 0 Å². The fourth-order valence-corrected chi connectivity index (χ4v) is 5.76. The third-order valence-electron chi connectivity index (χ3n) is 3.44. The third kappa shape index (κ3) is 3.33. The van der Waals surface area contributed by atoms with Gasteiger partial charge < -0.3 is 0 Å². The summed E-state index contributed by atoms with van der Waals surface area (Å²) in [7, 11) is -4.02. The summed E-state index contributed by atoms with van der Waals surface area (Å²) in [6, 6.07) is 5.75. The highest BCUT2D eigenvalue weighted by atomic mass is 32.7. The molecule has 2 rings (SSSR count). The van der Waals surface area contributed by atoms with Crippen molar-refractivity contribution in [3.05, 3.63) is 30.3 Å². The zero-order valence-electron chi connectivity index (χ0n) is 12.6. The maximum Gasteiger partial charge on any atom is 0.430 e. The molecule has 1 fully saturated rings. The van der Waals surface area contributed by atoms with Gasteiger partial charge >= 0.3 is 35.9 Å². The molecule has 0 bridgehead atoms. The zero-order valence-corrected chi connectivity index (χ0v) is 14.3. The summed E-state index contributed by atoms with van der Waals surface area (Å²) < 4.78 is 166. The number of rotatable bonds is 2. The van der Waals surface area contributed by atoms with Gasteiger partial charge in [-0.3, -0.25) is 9.05 Å². The fraction of sp³-hybridized carbons (Fsp3) is 0.500. The van der Waals surface area contributed by atoms with Crippen molar-refractivity contribution in [1.29, 1.82) is 0 Å². The van der Waals surface area contributed by atoms with E-state index in [1.807, 2.05) is 0 Å². The molecule has 0 unspecified atom stereocenters. The SMILES string of the molecule is FC(F)(F)C1(C(F)(F)F)OP(Sc2ccccc2)OC1(C(F)(F)F)C(F)(F)F. The van der Waals surface area contributed by atoms with E-state index in [4.69, 9.17) is 0 Å². The molecule has 1 aliphatic heterocycles. The Bertz CT molecular complexity index is 628. The second kappa shape index (κ2) is 6.81. The minimum atomic E-state index is -7.18. The Morgan fingerprint density at radius 1 is 0.607 bits per heavy atom. The number of hydrogen-bond acceptors (Lipinski definition) is 3. The van der Waals surface area contributed by atoms with Gasteiger partial charge in [0, 0.05) is 4.90 Å². The first-order valence-electron chi connectivity index (χ1n) is 6.59. The highest BCUT2D eigenvalue weighted by Gasteiger charge is 2.99. The molecule has 0 N–H and O–H groups in total. The zero-order chi connectivity index (χ0) is 21.8. The molecule has 1 heterocycles. The molecular weight excluding hydrogens is 467 g/mol. The van der Waals surface area contributed by atoms with Gasteiger partial charge in [-0.15, -0.1) is 0 Å². The highest BCUT2D eigenvalue weighted by molar-refractivity contribution is 8.52. The van der Waals surface area contributed by atoms with Crippen LogP contribution >= 0.6 is 19.0 Å². The minimum Gasteiger partial charge on any atom is -0.297 e. The van der Waals surface area contributed by atoms with E-state index in [0.717, 1.165) is 12.1 Å². The van der Waals surface area contributed by atoms with Gasteiger partial charge in [-0.1, -0.05) is 18.2 Å². The number of alkyl halides is 12. The Morgan fingerprint density at radius 2 is 0.929 bits per heavy atom. The smallest absolute Gasteiger partial charge is 0.297 e. The molecule has 0 radical (unpaired) electrons. The Balaban J connectivity index is 2.76. The van der Waals surface area contributed by atoms with Crippen molar-refractivity contribution in [1.82, 2.24) is 0 Å². The van der Waals surface area contributed by atoms with Gasteiger partial charge in [-0.2, -0.15) is 52.7 Å². The Morgan fingerprint density at radius 3 is 1.21 bits per heavy atom. The molecule has 16 heteroatoms. The molecule has 1 aromatic carbocycles. The summed E-state index contributed by atoms with van der Waals surface area (Å²) in [6.45, 7) is 0. The summed E-state index contributed by atoms with van der Waals surface area (Å²) in [6.07, 6.45) is -28.7. The average molecular weight is 472 g/mol. The molecule has 160 valence electrons. The minimum absolute atomic E-state index is 0.259. The van der Waals surface area contributed by atoms with Crippen LogP contribution in [0.1, 0.15) is 0 Å². The van der Waals surface area contributed by atoms with Gasteiger partial charge in [0.05, 0.1) is 0 Å². The topological polar surface area (TPSA) is 18.5 Å². The van der Waals surface area contributed by atoms with Crippen LogP contribution in [0.3, 0.4) is 0 Å². The van der Waals surface area contributed by atoms with E-state index >= 15 is 0 Å². The molecule has 0 aromatic heterocycles. The predicted molar refractivity (Wildman–Crippen MR) is 71.1 cm³/mol. The van der Waals surface area contributed by atoms with Crippen molar-refractivity contribution in [2.45, 2.75) is 40.8 Å². The summed E-state index contributed by atoms with van der Waals surface area (Å²) in [4.78, 5) is -0.271. The highest BCUT2D eigenvalue weighted by Crippen LogP contribution is 2.78. The molecule has 28 heavy (non-hydrogen) atoms. The molecule has 0 atom stereocenters. The van der Waals surface area contributed by atoms with E-state index in [1.165, 1.54) is 18.2 Å². The number of hydrogen-bond donors (Lipinski definition) is 0.